The second kappa shape index (κ2) is 8.77. The molecule has 1 saturated heterocycles. The molecule has 1 aliphatic rings. The van der Waals surface area contributed by atoms with Gasteiger partial charge in [0.05, 0.1) is 28.6 Å². The maximum atomic E-state index is 12.2. The molecular formula is C15H19N3O8S. The highest BCUT2D eigenvalue weighted by Crippen LogP contribution is 2.23. The fourth-order valence-electron chi connectivity index (χ4n) is 2.55. The first-order valence-electron chi connectivity index (χ1n) is 8.02. The number of aliphatic hydroxyl groups is 1. The van der Waals surface area contributed by atoms with Crippen molar-refractivity contribution in [1.82, 2.24) is 5.32 Å². The van der Waals surface area contributed by atoms with E-state index in [4.69, 9.17) is 9.84 Å². The Bertz CT molecular complexity index is 839. The van der Waals surface area contributed by atoms with Gasteiger partial charge in [0.2, 0.25) is 0 Å². The number of hydrogen-bond donors (Lipinski definition) is 3. The first-order chi connectivity index (χ1) is 12.7. The molecule has 0 bridgehead atoms. The smallest absolute Gasteiger partial charge is 0.341 e. The molecule has 148 valence electrons. The Hall–Kier alpha value is -2.73. The minimum absolute atomic E-state index is 0.00863. The van der Waals surface area contributed by atoms with Crippen molar-refractivity contribution in [1.29, 1.82) is 0 Å². The van der Waals surface area contributed by atoms with Crippen LogP contribution >= 0.6 is 0 Å². The predicted molar refractivity (Wildman–Crippen MR) is 94.2 cm³/mol. The van der Waals surface area contributed by atoms with E-state index in [9.17, 15) is 28.1 Å². The second-order valence-corrected chi connectivity index (χ2v) is 8.11. The van der Waals surface area contributed by atoms with Gasteiger partial charge in [0, 0.05) is 30.4 Å². The lowest BCUT2D eigenvalue weighted by molar-refractivity contribution is -0.384. The average molecular weight is 401 g/mol. The fourth-order valence-corrected chi connectivity index (χ4v) is 4.22. The monoisotopic (exact) mass is 401 g/mol. The molecule has 0 aliphatic carbocycles. The summed E-state index contributed by atoms with van der Waals surface area (Å²) in [6.45, 7) is -0.773. The summed E-state index contributed by atoms with van der Waals surface area (Å²) in [4.78, 5) is 34.3. The summed E-state index contributed by atoms with van der Waals surface area (Å²) in [5.74, 6) is -1.80. The number of amides is 1. The Balaban J connectivity index is 2.00. The molecule has 0 spiro atoms. The Morgan fingerprint density at radius 3 is 2.70 bits per heavy atom. The van der Waals surface area contributed by atoms with Crippen molar-refractivity contribution in [2.75, 3.05) is 36.6 Å². The number of anilines is 1. The fraction of sp³-hybridized carbons (Fsp3) is 0.467. The summed E-state index contributed by atoms with van der Waals surface area (Å²) in [6.07, 6.45) is 0.294. The Morgan fingerprint density at radius 2 is 2.11 bits per heavy atom. The number of esters is 1. The molecular weight excluding hydrogens is 382 g/mol. The van der Waals surface area contributed by atoms with Crippen molar-refractivity contribution in [2.24, 2.45) is 0 Å². The van der Waals surface area contributed by atoms with E-state index in [1.807, 2.05) is 0 Å². The van der Waals surface area contributed by atoms with Crippen molar-refractivity contribution < 1.29 is 32.8 Å². The highest BCUT2D eigenvalue weighted by Gasteiger charge is 2.29. The van der Waals surface area contributed by atoms with Crippen LogP contribution in [0.3, 0.4) is 0 Å². The summed E-state index contributed by atoms with van der Waals surface area (Å²) in [5.41, 5.74) is -0.284. The van der Waals surface area contributed by atoms with E-state index < -0.39 is 39.3 Å². The van der Waals surface area contributed by atoms with E-state index in [1.54, 1.807) is 0 Å². The number of carbonyl (C=O) groups is 2. The summed E-state index contributed by atoms with van der Waals surface area (Å²) in [7, 11) is -3.16. The van der Waals surface area contributed by atoms with Crippen molar-refractivity contribution in [3.63, 3.8) is 0 Å². The number of sulfone groups is 1. The lowest BCUT2D eigenvalue weighted by atomic mass is 10.1. The third-order valence-electron chi connectivity index (χ3n) is 3.79. The standard InChI is InChI=1S/C15H19N3O8S/c19-5-4-16-13-2-1-11(18(22)23)7-12(13)15(21)26-8-14(20)17-10-3-6-27(24,25)9-10/h1-2,7,10,16,19H,3-6,8-9H2,(H,17,20). The number of nitrogens with zero attached hydrogens (tertiary/aromatic N) is 1. The zero-order valence-corrected chi connectivity index (χ0v) is 15.0. The molecule has 3 N–H and O–H groups in total. The highest BCUT2D eigenvalue weighted by atomic mass is 32.2. The van der Waals surface area contributed by atoms with Gasteiger partial charge in [0.25, 0.3) is 11.6 Å². The van der Waals surface area contributed by atoms with Gasteiger partial charge in [-0.2, -0.15) is 0 Å². The first kappa shape index (κ1) is 20.6. The summed E-state index contributed by atoms with van der Waals surface area (Å²) >= 11 is 0. The molecule has 0 saturated carbocycles. The molecule has 1 aliphatic heterocycles. The number of carbonyl (C=O) groups excluding carboxylic acids is 2. The van der Waals surface area contributed by atoms with Crippen LogP contribution in [-0.4, -0.2) is 67.6 Å². The topological polar surface area (TPSA) is 165 Å². The largest absolute Gasteiger partial charge is 0.452 e. The number of hydrogen-bond acceptors (Lipinski definition) is 9. The molecule has 27 heavy (non-hydrogen) atoms. The molecule has 1 fully saturated rings. The quantitative estimate of drug-likeness (QED) is 0.294. The van der Waals surface area contributed by atoms with Crippen LogP contribution in [0.4, 0.5) is 11.4 Å². The van der Waals surface area contributed by atoms with Crippen LogP contribution in [0.25, 0.3) is 0 Å². The van der Waals surface area contributed by atoms with E-state index >= 15 is 0 Å². The van der Waals surface area contributed by atoms with E-state index in [0.717, 1.165) is 6.07 Å². The maximum Gasteiger partial charge on any atom is 0.341 e. The van der Waals surface area contributed by atoms with E-state index in [2.05, 4.69) is 10.6 Å². The number of nitro benzene ring substituents is 1. The van der Waals surface area contributed by atoms with Gasteiger partial charge < -0.3 is 20.5 Å². The minimum atomic E-state index is -3.16. The van der Waals surface area contributed by atoms with Crippen LogP contribution in [0.1, 0.15) is 16.8 Å². The number of benzene rings is 1. The second-order valence-electron chi connectivity index (χ2n) is 5.88. The van der Waals surface area contributed by atoms with Gasteiger partial charge in [-0.05, 0) is 12.5 Å². The first-order valence-corrected chi connectivity index (χ1v) is 9.84. The number of non-ortho nitro benzene ring substituents is 1. The molecule has 1 aromatic rings. The average Bonchev–Trinajstić information content (AvgIpc) is 2.95. The zero-order valence-electron chi connectivity index (χ0n) is 14.2. The maximum absolute atomic E-state index is 12.2. The molecule has 0 aromatic heterocycles. The normalized spacial score (nSPS) is 17.9. The van der Waals surface area contributed by atoms with Crippen molar-refractivity contribution in [2.45, 2.75) is 12.5 Å². The summed E-state index contributed by atoms with van der Waals surface area (Å²) in [5, 5.41) is 25.0. The van der Waals surface area contributed by atoms with Crippen molar-refractivity contribution in [3.8, 4) is 0 Å². The molecule has 1 atom stereocenters. The van der Waals surface area contributed by atoms with Gasteiger partial charge in [0.15, 0.2) is 16.4 Å². The van der Waals surface area contributed by atoms with Gasteiger partial charge >= 0.3 is 5.97 Å². The van der Waals surface area contributed by atoms with Crippen LogP contribution in [0.2, 0.25) is 0 Å². The predicted octanol–water partition coefficient (Wildman–Crippen LogP) is -0.541. The van der Waals surface area contributed by atoms with Crippen LogP contribution in [0.15, 0.2) is 18.2 Å². The molecule has 1 heterocycles. The Labute approximate surface area is 154 Å². The van der Waals surface area contributed by atoms with E-state index in [-0.39, 0.29) is 41.6 Å². The third-order valence-corrected chi connectivity index (χ3v) is 5.56. The molecule has 1 amide bonds. The van der Waals surface area contributed by atoms with Gasteiger partial charge in [0.1, 0.15) is 0 Å². The molecule has 11 nitrogen and oxygen atoms in total. The minimum Gasteiger partial charge on any atom is -0.452 e. The number of rotatable bonds is 8. The lowest BCUT2D eigenvalue weighted by Crippen LogP contribution is -2.38. The van der Waals surface area contributed by atoms with Crippen LogP contribution in [0.5, 0.6) is 0 Å². The number of ether oxygens (including phenoxy) is 1. The Kier molecular flexibility index (Phi) is 6.69. The van der Waals surface area contributed by atoms with Crippen LogP contribution in [-0.2, 0) is 19.4 Å². The van der Waals surface area contributed by atoms with E-state index in [1.165, 1.54) is 12.1 Å². The summed E-state index contributed by atoms with van der Waals surface area (Å²) in [6, 6.07) is 2.96. The van der Waals surface area contributed by atoms with Gasteiger partial charge in [-0.15, -0.1) is 0 Å². The lowest BCUT2D eigenvalue weighted by Gasteiger charge is -2.13. The van der Waals surface area contributed by atoms with Crippen LogP contribution < -0.4 is 10.6 Å². The molecule has 12 heteroatoms. The van der Waals surface area contributed by atoms with Gasteiger partial charge in [-0.1, -0.05) is 0 Å². The third kappa shape index (κ3) is 5.89. The number of nitro groups is 1. The molecule has 1 aromatic carbocycles. The number of aliphatic hydroxyl groups excluding tert-OH is 1. The zero-order chi connectivity index (χ0) is 20.0. The highest BCUT2D eigenvalue weighted by molar-refractivity contribution is 7.91. The molecule has 1 unspecified atom stereocenters. The van der Waals surface area contributed by atoms with Crippen LogP contribution in [0, 0.1) is 10.1 Å². The Morgan fingerprint density at radius 1 is 1.37 bits per heavy atom. The molecule has 2 rings (SSSR count). The van der Waals surface area contributed by atoms with Crippen molar-refractivity contribution in [3.05, 3.63) is 33.9 Å². The summed E-state index contributed by atoms with van der Waals surface area (Å²) < 4.78 is 27.6. The SMILES string of the molecule is O=C(COC(=O)c1cc([N+](=O)[O-])ccc1NCCO)NC1CCS(=O)(=O)C1. The van der Waals surface area contributed by atoms with E-state index in [0.29, 0.717) is 6.42 Å². The van der Waals surface area contributed by atoms with Crippen molar-refractivity contribution >= 4 is 33.1 Å². The molecule has 0 radical (unpaired) electrons. The van der Waals surface area contributed by atoms with Gasteiger partial charge in [-0.3, -0.25) is 14.9 Å². The number of nitrogens with one attached hydrogen (secondary N) is 2. The van der Waals surface area contributed by atoms with Gasteiger partial charge in [-0.25, -0.2) is 13.2 Å².